The number of cyclic esters (lactones) is 1. The molecule has 0 aromatic heterocycles. The Hall–Kier alpha value is -1.84. The average Bonchev–Trinajstić information content (AvgIpc) is 3.06. The van der Waals surface area contributed by atoms with Crippen molar-refractivity contribution in [2.45, 2.75) is 123 Å². The molecule has 0 aliphatic carbocycles. The van der Waals surface area contributed by atoms with Gasteiger partial charge in [-0.1, -0.05) is 91.0 Å². The zero-order valence-electron chi connectivity index (χ0n) is 20.4. The predicted octanol–water partition coefficient (Wildman–Crippen LogP) is 7.52. The van der Waals surface area contributed by atoms with Gasteiger partial charge in [0.25, 0.3) is 0 Å². The number of ether oxygens (including phenoxy) is 2. The number of esters is 2. The van der Waals surface area contributed by atoms with Crippen molar-refractivity contribution in [2.24, 2.45) is 5.92 Å². The largest absolute Gasteiger partial charge is 0.458 e. The van der Waals surface area contributed by atoms with Crippen molar-refractivity contribution in [1.29, 1.82) is 0 Å². The van der Waals surface area contributed by atoms with E-state index in [0.717, 1.165) is 43.2 Å². The molecule has 0 fully saturated rings. The standard InChI is InChI=1S/C28H42O4/c1-4-5-6-7-8-9-10-11-12-13-14-23-25-18-21-17-22(16-15-20(2)3)31-28(30)24(21)19-26(25)32-27(23)29/h18-20,22-23H,4-17H2,1-3H3/t22-,23+/m1/s1. The molecule has 4 nitrogen and oxygen atoms in total. The number of rotatable bonds is 14. The summed E-state index contributed by atoms with van der Waals surface area (Å²) >= 11 is 0. The van der Waals surface area contributed by atoms with E-state index >= 15 is 0 Å². The van der Waals surface area contributed by atoms with E-state index in [1.54, 1.807) is 6.07 Å². The predicted molar refractivity (Wildman–Crippen MR) is 128 cm³/mol. The third-order valence-corrected chi connectivity index (χ3v) is 6.96. The van der Waals surface area contributed by atoms with Crippen LogP contribution in [0.25, 0.3) is 0 Å². The first kappa shape index (κ1) is 24.8. The van der Waals surface area contributed by atoms with Gasteiger partial charge < -0.3 is 9.47 Å². The molecule has 0 bridgehead atoms. The topological polar surface area (TPSA) is 52.6 Å². The Kier molecular flexibility index (Phi) is 9.62. The molecule has 3 rings (SSSR count). The maximum Gasteiger partial charge on any atom is 0.338 e. The van der Waals surface area contributed by atoms with Crippen molar-refractivity contribution < 1.29 is 19.1 Å². The maximum atomic E-state index is 12.5. The summed E-state index contributed by atoms with van der Waals surface area (Å²) in [6.07, 6.45) is 16.3. The van der Waals surface area contributed by atoms with Gasteiger partial charge in [0, 0.05) is 12.0 Å². The van der Waals surface area contributed by atoms with Gasteiger partial charge in [0.2, 0.25) is 0 Å². The van der Waals surface area contributed by atoms with Crippen LogP contribution in [0.3, 0.4) is 0 Å². The SMILES string of the molecule is CCCCCCCCCCCC[C@@H]1C(=O)Oc2cc3c(cc21)C[C@@H](CCC(C)C)OC3=O. The van der Waals surface area contributed by atoms with Crippen molar-refractivity contribution in [3.8, 4) is 5.75 Å². The van der Waals surface area contributed by atoms with Crippen molar-refractivity contribution >= 4 is 11.9 Å². The lowest BCUT2D eigenvalue weighted by Gasteiger charge is -2.26. The first-order chi connectivity index (χ1) is 15.5. The van der Waals surface area contributed by atoms with E-state index in [4.69, 9.17) is 9.47 Å². The molecule has 0 saturated heterocycles. The summed E-state index contributed by atoms with van der Waals surface area (Å²) in [5, 5.41) is 0. The van der Waals surface area contributed by atoms with Crippen LogP contribution in [0.2, 0.25) is 0 Å². The summed E-state index contributed by atoms with van der Waals surface area (Å²) in [4.78, 5) is 25.0. The summed E-state index contributed by atoms with van der Waals surface area (Å²) in [7, 11) is 0. The highest BCUT2D eigenvalue weighted by Gasteiger charge is 2.36. The molecule has 178 valence electrons. The zero-order valence-corrected chi connectivity index (χ0v) is 20.4. The van der Waals surface area contributed by atoms with Gasteiger partial charge >= 0.3 is 11.9 Å². The number of carbonyl (C=O) groups excluding carboxylic acids is 2. The van der Waals surface area contributed by atoms with E-state index in [1.165, 1.54) is 57.8 Å². The van der Waals surface area contributed by atoms with Gasteiger partial charge in [-0.05, 0) is 36.8 Å². The van der Waals surface area contributed by atoms with Gasteiger partial charge in [-0.25, -0.2) is 4.79 Å². The van der Waals surface area contributed by atoms with Crippen molar-refractivity contribution in [3.05, 3.63) is 28.8 Å². The highest BCUT2D eigenvalue weighted by molar-refractivity contribution is 5.95. The highest BCUT2D eigenvalue weighted by Crippen LogP contribution is 2.41. The Balaban J connectivity index is 1.49. The van der Waals surface area contributed by atoms with Crippen LogP contribution in [0, 0.1) is 5.92 Å². The monoisotopic (exact) mass is 442 g/mol. The maximum absolute atomic E-state index is 12.5. The van der Waals surface area contributed by atoms with Crippen LogP contribution in [0.5, 0.6) is 5.75 Å². The molecule has 0 spiro atoms. The van der Waals surface area contributed by atoms with E-state index in [-0.39, 0.29) is 24.0 Å². The second-order valence-corrected chi connectivity index (χ2v) is 10.2. The molecule has 4 heteroatoms. The lowest BCUT2D eigenvalue weighted by atomic mass is 9.88. The van der Waals surface area contributed by atoms with E-state index in [9.17, 15) is 9.59 Å². The quantitative estimate of drug-likeness (QED) is 0.170. The molecule has 2 atom stereocenters. The Morgan fingerprint density at radius 3 is 2.22 bits per heavy atom. The molecule has 2 heterocycles. The molecule has 1 aromatic carbocycles. The molecule has 0 radical (unpaired) electrons. The van der Waals surface area contributed by atoms with Crippen LogP contribution in [0.4, 0.5) is 0 Å². The van der Waals surface area contributed by atoms with E-state index < -0.39 is 0 Å². The molecule has 2 aliphatic rings. The van der Waals surface area contributed by atoms with E-state index in [0.29, 0.717) is 17.2 Å². The third-order valence-electron chi connectivity index (χ3n) is 6.96. The van der Waals surface area contributed by atoms with E-state index in [1.807, 2.05) is 0 Å². The summed E-state index contributed by atoms with van der Waals surface area (Å²) in [6, 6.07) is 3.79. The summed E-state index contributed by atoms with van der Waals surface area (Å²) in [5.41, 5.74) is 2.55. The molecular formula is C28H42O4. The third kappa shape index (κ3) is 6.83. The summed E-state index contributed by atoms with van der Waals surface area (Å²) in [5.74, 6) is 0.520. The first-order valence-corrected chi connectivity index (χ1v) is 13.1. The van der Waals surface area contributed by atoms with Crippen LogP contribution < -0.4 is 4.74 Å². The van der Waals surface area contributed by atoms with Crippen molar-refractivity contribution in [3.63, 3.8) is 0 Å². The van der Waals surface area contributed by atoms with Crippen molar-refractivity contribution in [1.82, 2.24) is 0 Å². The van der Waals surface area contributed by atoms with Gasteiger partial charge in [-0.3, -0.25) is 4.79 Å². The number of unbranched alkanes of at least 4 members (excludes halogenated alkanes) is 9. The second kappa shape index (κ2) is 12.4. The number of hydrogen-bond donors (Lipinski definition) is 0. The number of carbonyl (C=O) groups is 2. The smallest absolute Gasteiger partial charge is 0.338 e. The fourth-order valence-electron chi connectivity index (χ4n) is 4.96. The zero-order chi connectivity index (χ0) is 22.9. The molecule has 0 unspecified atom stereocenters. The first-order valence-electron chi connectivity index (χ1n) is 13.1. The van der Waals surface area contributed by atoms with Gasteiger partial charge in [0.1, 0.15) is 11.9 Å². The van der Waals surface area contributed by atoms with Crippen LogP contribution >= 0.6 is 0 Å². The Bertz CT molecular complexity index is 767. The van der Waals surface area contributed by atoms with Gasteiger partial charge in [-0.15, -0.1) is 0 Å². The van der Waals surface area contributed by atoms with Crippen LogP contribution in [0.1, 0.15) is 132 Å². The van der Waals surface area contributed by atoms with Crippen LogP contribution in [0.15, 0.2) is 12.1 Å². The van der Waals surface area contributed by atoms with Crippen LogP contribution in [-0.2, 0) is 16.0 Å². The minimum atomic E-state index is -0.281. The fraction of sp³-hybridized carbons (Fsp3) is 0.714. The van der Waals surface area contributed by atoms with Gasteiger partial charge in [0.15, 0.2) is 0 Å². The minimum absolute atomic E-state index is 0.0612. The van der Waals surface area contributed by atoms with Gasteiger partial charge in [-0.2, -0.15) is 0 Å². The Morgan fingerprint density at radius 1 is 0.906 bits per heavy atom. The summed E-state index contributed by atoms with van der Waals surface area (Å²) in [6.45, 7) is 6.63. The lowest BCUT2D eigenvalue weighted by Crippen LogP contribution is -2.28. The molecule has 1 aromatic rings. The molecule has 32 heavy (non-hydrogen) atoms. The molecular weight excluding hydrogens is 400 g/mol. The molecule has 0 saturated carbocycles. The lowest BCUT2D eigenvalue weighted by molar-refractivity contribution is -0.134. The second-order valence-electron chi connectivity index (χ2n) is 10.2. The molecule has 0 N–H and O–H groups in total. The van der Waals surface area contributed by atoms with Crippen molar-refractivity contribution in [2.75, 3.05) is 0 Å². The fourth-order valence-corrected chi connectivity index (χ4v) is 4.96. The average molecular weight is 443 g/mol. The minimum Gasteiger partial charge on any atom is -0.458 e. The van der Waals surface area contributed by atoms with Gasteiger partial charge in [0.05, 0.1) is 11.5 Å². The molecule has 2 aliphatic heterocycles. The van der Waals surface area contributed by atoms with E-state index in [2.05, 4.69) is 26.8 Å². The Morgan fingerprint density at radius 2 is 1.56 bits per heavy atom. The Labute approximate surface area is 194 Å². The normalized spacial score (nSPS) is 19.6. The molecule has 0 amide bonds. The summed E-state index contributed by atoms with van der Waals surface area (Å²) < 4.78 is 11.2. The van der Waals surface area contributed by atoms with Crippen LogP contribution in [-0.4, -0.2) is 18.0 Å². The highest BCUT2D eigenvalue weighted by atomic mass is 16.5. The number of fused-ring (bicyclic) bond motifs is 2. The number of benzene rings is 1. The number of hydrogen-bond acceptors (Lipinski definition) is 4.